The fraction of sp³-hybridized carbons (Fsp3) is 1.00. The zero-order chi connectivity index (χ0) is 3.54. The zero-order valence-corrected chi connectivity index (χ0v) is 4.88. The standard InChI is InChI=1S/CH3NS3/c1-3-2-5-4-1/h2H,1H2. The summed E-state index contributed by atoms with van der Waals surface area (Å²) in [5.41, 5.74) is 0. The summed E-state index contributed by atoms with van der Waals surface area (Å²) in [5.74, 6) is 0. The van der Waals surface area contributed by atoms with Gasteiger partial charge in [-0.25, -0.2) is 0 Å². The Kier molecular flexibility index (Phi) is 1.86. The second-order valence-electron chi connectivity index (χ2n) is 0.547. The Balaban J connectivity index is 2.08. The van der Waals surface area contributed by atoms with Gasteiger partial charge in [0.25, 0.3) is 0 Å². The van der Waals surface area contributed by atoms with E-state index in [1.807, 2.05) is 10.8 Å². The van der Waals surface area contributed by atoms with Gasteiger partial charge >= 0.3 is 0 Å². The minimum absolute atomic E-state index is 1.19. The normalized spacial score (nSPS) is 24.0. The summed E-state index contributed by atoms with van der Waals surface area (Å²) in [6, 6.07) is 0. The molecule has 1 saturated heterocycles. The summed E-state index contributed by atoms with van der Waals surface area (Å²) in [4.78, 5) is 0. The van der Waals surface area contributed by atoms with Crippen molar-refractivity contribution in [1.29, 1.82) is 0 Å². The Bertz CT molecular complexity index is 18.5. The van der Waals surface area contributed by atoms with Gasteiger partial charge < -0.3 is 0 Å². The van der Waals surface area contributed by atoms with Crippen molar-refractivity contribution < 1.29 is 0 Å². The molecule has 0 aromatic heterocycles. The first-order valence-corrected chi connectivity index (χ1v) is 4.46. The Morgan fingerprint density at radius 2 is 2.60 bits per heavy atom. The number of hydrogen-bond acceptors (Lipinski definition) is 4. The predicted octanol–water partition coefficient (Wildman–Crippen LogP) is 1.49. The third-order valence-corrected chi connectivity index (χ3v) is 3.81. The predicted molar refractivity (Wildman–Crippen MR) is 30.8 cm³/mol. The van der Waals surface area contributed by atoms with E-state index >= 15 is 0 Å². The summed E-state index contributed by atoms with van der Waals surface area (Å²) >= 11 is 1.75. The SMILES string of the molecule is C1SNSS1. The summed E-state index contributed by atoms with van der Waals surface area (Å²) < 4.78 is 3.02. The van der Waals surface area contributed by atoms with Crippen LogP contribution in [0.4, 0.5) is 0 Å². The molecule has 1 aliphatic rings. The monoisotopic (exact) mass is 125 g/mol. The summed E-state index contributed by atoms with van der Waals surface area (Å²) in [5, 5.41) is 1.19. The largest absolute Gasteiger partial charge is 0.198 e. The quantitative estimate of drug-likeness (QED) is 0.388. The molecular formula is CH3NS3. The molecule has 1 fully saturated rings. The number of nitrogens with one attached hydrogen (secondary N) is 1. The first-order chi connectivity index (χ1) is 2.50. The molecule has 0 aromatic rings. The molecule has 0 aromatic carbocycles. The van der Waals surface area contributed by atoms with Crippen LogP contribution < -0.4 is 4.13 Å². The topological polar surface area (TPSA) is 12.0 Å². The molecule has 4 heteroatoms. The van der Waals surface area contributed by atoms with E-state index in [1.165, 1.54) is 5.08 Å². The number of hydrogen-bond donors (Lipinski definition) is 1. The highest BCUT2D eigenvalue weighted by Crippen LogP contribution is 2.31. The molecule has 1 nitrogen and oxygen atoms in total. The van der Waals surface area contributed by atoms with Crippen LogP contribution in [-0.2, 0) is 0 Å². The van der Waals surface area contributed by atoms with Crippen molar-refractivity contribution >= 4 is 33.7 Å². The Hall–Kier alpha value is 1.01. The van der Waals surface area contributed by atoms with Gasteiger partial charge in [-0.05, 0) is 0 Å². The van der Waals surface area contributed by atoms with Gasteiger partial charge in [0.2, 0.25) is 0 Å². The second kappa shape index (κ2) is 2.23. The van der Waals surface area contributed by atoms with Crippen LogP contribution in [0.1, 0.15) is 0 Å². The van der Waals surface area contributed by atoms with E-state index in [0.29, 0.717) is 0 Å². The van der Waals surface area contributed by atoms with E-state index in [-0.39, 0.29) is 0 Å². The highest BCUT2D eigenvalue weighted by molar-refractivity contribution is 8.81. The lowest BCUT2D eigenvalue weighted by molar-refractivity contribution is 1.79. The summed E-state index contributed by atoms with van der Waals surface area (Å²) in [6.45, 7) is 0. The highest BCUT2D eigenvalue weighted by Gasteiger charge is 1.95. The second-order valence-corrected chi connectivity index (χ2v) is 4.05. The Morgan fingerprint density at radius 1 is 1.60 bits per heavy atom. The molecule has 0 saturated carbocycles. The van der Waals surface area contributed by atoms with Gasteiger partial charge in [0.15, 0.2) is 0 Å². The van der Waals surface area contributed by atoms with Gasteiger partial charge in [-0.2, -0.15) is 4.13 Å². The van der Waals surface area contributed by atoms with Crippen molar-refractivity contribution in [2.24, 2.45) is 0 Å². The van der Waals surface area contributed by atoms with Gasteiger partial charge in [-0.15, -0.1) is 0 Å². The maximum absolute atomic E-state index is 3.02. The van der Waals surface area contributed by atoms with Gasteiger partial charge in [0.05, 0.1) is 5.08 Å². The van der Waals surface area contributed by atoms with Crippen LogP contribution in [0.3, 0.4) is 0 Å². The molecule has 1 rings (SSSR count). The minimum atomic E-state index is 1.19. The van der Waals surface area contributed by atoms with Gasteiger partial charge in [0, 0.05) is 11.0 Å². The van der Waals surface area contributed by atoms with Crippen LogP contribution in [0.5, 0.6) is 0 Å². The van der Waals surface area contributed by atoms with Crippen LogP contribution in [-0.4, -0.2) is 5.08 Å². The molecule has 5 heavy (non-hydrogen) atoms. The molecule has 0 amide bonds. The highest BCUT2D eigenvalue weighted by atomic mass is 33.1. The fourth-order valence-corrected chi connectivity index (χ4v) is 3.25. The Morgan fingerprint density at radius 3 is 2.80 bits per heavy atom. The van der Waals surface area contributed by atoms with Crippen molar-refractivity contribution in [2.75, 3.05) is 5.08 Å². The lowest BCUT2D eigenvalue weighted by Crippen LogP contribution is -1.72. The Labute approximate surface area is 43.3 Å². The van der Waals surface area contributed by atoms with E-state index in [2.05, 4.69) is 4.13 Å². The molecular weight excluding hydrogens is 122 g/mol. The van der Waals surface area contributed by atoms with Crippen molar-refractivity contribution in [3.8, 4) is 0 Å². The third-order valence-electron chi connectivity index (χ3n) is 0.259. The third kappa shape index (κ3) is 1.26. The summed E-state index contributed by atoms with van der Waals surface area (Å²) in [7, 11) is 3.55. The van der Waals surface area contributed by atoms with Crippen molar-refractivity contribution in [1.82, 2.24) is 4.13 Å². The van der Waals surface area contributed by atoms with E-state index in [1.54, 1.807) is 22.9 Å². The van der Waals surface area contributed by atoms with Gasteiger partial charge in [0.1, 0.15) is 0 Å². The first-order valence-electron chi connectivity index (χ1n) is 1.15. The first kappa shape index (κ1) is 4.18. The molecule has 0 radical (unpaired) electrons. The van der Waals surface area contributed by atoms with Crippen LogP contribution in [0, 0.1) is 0 Å². The van der Waals surface area contributed by atoms with Crippen molar-refractivity contribution in [3.05, 3.63) is 0 Å². The molecule has 1 aliphatic heterocycles. The van der Waals surface area contributed by atoms with Gasteiger partial charge in [-0.3, -0.25) is 0 Å². The molecule has 1 heterocycles. The molecule has 0 spiro atoms. The molecule has 0 aliphatic carbocycles. The maximum Gasteiger partial charge on any atom is 0.0662 e. The lowest BCUT2D eigenvalue weighted by Gasteiger charge is -1.72. The van der Waals surface area contributed by atoms with E-state index in [9.17, 15) is 0 Å². The van der Waals surface area contributed by atoms with E-state index in [4.69, 9.17) is 0 Å². The van der Waals surface area contributed by atoms with Crippen LogP contribution in [0.2, 0.25) is 0 Å². The smallest absolute Gasteiger partial charge is 0.0662 e. The van der Waals surface area contributed by atoms with Crippen LogP contribution in [0.15, 0.2) is 0 Å². The van der Waals surface area contributed by atoms with Crippen LogP contribution >= 0.6 is 33.7 Å². The van der Waals surface area contributed by atoms with E-state index in [0.717, 1.165) is 0 Å². The minimum Gasteiger partial charge on any atom is -0.198 e. The molecule has 0 atom stereocenters. The molecule has 30 valence electrons. The average Bonchev–Trinajstić information content (AvgIpc) is 1.76. The molecule has 0 unspecified atom stereocenters. The van der Waals surface area contributed by atoms with Crippen molar-refractivity contribution in [2.45, 2.75) is 0 Å². The number of rotatable bonds is 0. The maximum atomic E-state index is 3.02. The average molecular weight is 125 g/mol. The lowest BCUT2D eigenvalue weighted by atomic mass is 11.9. The van der Waals surface area contributed by atoms with Crippen LogP contribution in [0.25, 0.3) is 0 Å². The molecule has 0 bridgehead atoms. The van der Waals surface area contributed by atoms with Crippen molar-refractivity contribution in [3.63, 3.8) is 0 Å². The zero-order valence-electron chi connectivity index (χ0n) is 2.43. The van der Waals surface area contributed by atoms with E-state index < -0.39 is 0 Å². The fourth-order valence-electron chi connectivity index (χ4n) is 0.120. The van der Waals surface area contributed by atoms with Gasteiger partial charge in [-0.1, -0.05) is 22.7 Å². The molecule has 1 N–H and O–H groups in total. The summed E-state index contributed by atoms with van der Waals surface area (Å²) in [6.07, 6.45) is 0.